The molecular formula is C15H25NO5. The Hall–Kier alpha value is -2.37. The van der Waals surface area contributed by atoms with Crippen LogP contribution in [0, 0.1) is 5.41 Å². The number of carbonyl (C=O) groups excluding carboxylic acids is 2. The molecule has 0 fully saturated rings. The maximum atomic E-state index is 10.5. The number of allylic oxidation sites excluding steroid dienone is 1. The number of nitrogens with two attached hydrogens (primary N) is 1. The first-order valence-electron chi connectivity index (χ1n) is 5.96. The van der Waals surface area contributed by atoms with Crippen LogP contribution in [-0.4, -0.2) is 30.1 Å². The summed E-state index contributed by atoms with van der Waals surface area (Å²) in [5, 5.41) is 7.60. The first-order chi connectivity index (χ1) is 9.41. The van der Waals surface area contributed by atoms with Crippen molar-refractivity contribution in [3.8, 4) is 0 Å². The average Bonchev–Trinajstić information content (AvgIpc) is 2.37. The summed E-state index contributed by atoms with van der Waals surface area (Å²) in [6, 6.07) is 0. The van der Waals surface area contributed by atoms with Crippen molar-refractivity contribution >= 4 is 17.8 Å². The second kappa shape index (κ2) is 12.7. The van der Waals surface area contributed by atoms with Gasteiger partial charge >= 0.3 is 11.9 Å². The molecule has 0 aromatic carbocycles. The SMILES string of the molecule is C=CC(=O)O.C=CC(=O)OC.CC(=CC(C)(C)C)C(N)=O. The van der Waals surface area contributed by atoms with Crippen molar-refractivity contribution in [2.45, 2.75) is 27.7 Å². The molecule has 1 amide bonds. The molecule has 0 saturated carbocycles. The molecule has 0 aliphatic heterocycles. The first kappa shape index (κ1) is 23.7. The lowest BCUT2D eigenvalue weighted by Crippen LogP contribution is -2.14. The molecular weight excluding hydrogens is 274 g/mol. The highest BCUT2D eigenvalue weighted by Gasteiger charge is 2.07. The van der Waals surface area contributed by atoms with Gasteiger partial charge in [0, 0.05) is 17.7 Å². The number of methoxy groups -OCH3 is 1. The van der Waals surface area contributed by atoms with Crippen molar-refractivity contribution in [1.82, 2.24) is 0 Å². The van der Waals surface area contributed by atoms with Gasteiger partial charge in [-0.05, 0) is 12.3 Å². The fourth-order valence-electron chi connectivity index (χ4n) is 0.804. The number of esters is 1. The number of carboxylic acids is 1. The van der Waals surface area contributed by atoms with E-state index in [4.69, 9.17) is 10.8 Å². The highest BCUT2D eigenvalue weighted by Crippen LogP contribution is 2.16. The summed E-state index contributed by atoms with van der Waals surface area (Å²) in [4.78, 5) is 29.6. The highest BCUT2D eigenvalue weighted by atomic mass is 16.5. The highest BCUT2D eigenvalue weighted by molar-refractivity contribution is 5.91. The number of amides is 1. The number of ether oxygens (including phenoxy) is 1. The predicted octanol–water partition coefficient (Wildman–Crippen LogP) is 2.07. The van der Waals surface area contributed by atoms with E-state index in [2.05, 4.69) is 17.9 Å². The van der Waals surface area contributed by atoms with Gasteiger partial charge < -0.3 is 15.6 Å². The van der Waals surface area contributed by atoms with E-state index in [9.17, 15) is 14.4 Å². The molecule has 120 valence electrons. The monoisotopic (exact) mass is 299 g/mol. The summed E-state index contributed by atoms with van der Waals surface area (Å²) in [6.45, 7) is 13.9. The van der Waals surface area contributed by atoms with E-state index in [-0.39, 0.29) is 11.3 Å². The van der Waals surface area contributed by atoms with Crippen molar-refractivity contribution in [2.75, 3.05) is 7.11 Å². The maximum absolute atomic E-state index is 10.5. The van der Waals surface area contributed by atoms with Crippen molar-refractivity contribution in [3.05, 3.63) is 37.0 Å². The summed E-state index contributed by atoms with van der Waals surface area (Å²) in [5.74, 6) is -1.71. The molecule has 0 aromatic heterocycles. The Morgan fingerprint density at radius 3 is 1.57 bits per heavy atom. The van der Waals surface area contributed by atoms with Gasteiger partial charge in [-0.3, -0.25) is 4.79 Å². The Balaban J connectivity index is -0.000000252. The molecule has 6 heteroatoms. The molecule has 0 bridgehead atoms. The number of hydrogen-bond donors (Lipinski definition) is 2. The quantitative estimate of drug-likeness (QED) is 0.612. The maximum Gasteiger partial charge on any atom is 0.329 e. The molecule has 0 aliphatic rings. The van der Waals surface area contributed by atoms with Crippen LogP contribution in [0.25, 0.3) is 0 Å². The molecule has 21 heavy (non-hydrogen) atoms. The Labute approximate surface area is 126 Å². The largest absolute Gasteiger partial charge is 0.478 e. The number of primary amides is 1. The zero-order chi connectivity index (χ0) is 17.6. The molecule has 0 heterocycles. The third kappa shape index (κ3) is 27.0. The molecule has 0 atom stereocenters. The Kier molecular flexibility index (Phi) is 14.3. The smallest absolute Gasteiger partial charge is 0.329 e. The van der Waals surface area contributed by atoms with Crippen molar-refractivity contribution in [2.24, 2.45) is 11.1 Å². The van der Waals surface area contributed by atoms with Gasteiger partial charge in [0.15, 0.2) is 0 Å². The summed E-state index contributed by atoms with van der Waals surface area (Å²) >= 11 is 0. The normalized spacial score (nSPS) is 9.86. The van der Waals surface area contributed by atoms with Crippen LogP contribution < -0.4 is 5.73 Å². The van der Waals surface area contributed by atoms with Crippen molar-refractivity contribution in [1.29, 1.82) is 0 Å². The van der Waals surface area contributed by atoms with Gasteiger partial charge in [-0.25, -0.2) is 9.59 Å². The van der Waals surface area contributed by atoms with Gasteiger partial charge in [0.25, 0.3) is 0 Å². The van der Waals surface area contributed by atoms with Gasteiger partial charge in [0.1, 0.15) is 0 Å². The van der Waals surface area contributed by atoms with Crippen LogP contribution in [0.5, 0.6) is 0 Å². The number of carboxylic acid groups (broad SMARTS) is 1. The van der Waals surface area contributed by atoms with Crippen LogP contribution in [0.15, 0.2) is 37.0 Å². The van der Waals surface area contributed by atoms with E-state index in [0.29, 0.717) is 5.57 Å². The van der Waals surface area contributed by atoms with E-state index >= 15 is 0 Å². The third-order valence-electron chi connectivity index (χ3n) is 1.58. The zero-order valence-electron chi connectivity index (χ0n) is 13.3. The van der Waals surface area contributed by atoms with E-state index in [1.807, 2.05) is 26.8 Å². The molecule has 0 unspecified atom stereocenters. The van der Waals surface area contributed by atoms with Gasteiger partial charge in [0.05, 0.1) is 7.11 Å². The van der Waals surface area contributed by atoms with Gasteiger partial charge in [0.2, 0.25) is 5.91 Å². The third-order valence-corrected chi connectivity index (χ3v) is 1.58. The molecule has 6 nitrogen and oxygen atoms in total. The molecule has 0 saturated heterocycles. The van der Waals surface area contributed by atoms with Crippen LogP contribution in [0.1, 0.15) is 27.7 Å². The van der Waals surface area contributed by atoms with Crippen molar-refractivity contribution < 1.29 is 24.2 Å². The first-order valence-corrected chi connectivity index (χ1v) is 5.96. The molecule has 0 rings (SSSR count). The minimum atomic E-state index is -0.981. The predicted molar refractivity (Wildman–Crippen MR) is 82.5 cm³/mol. The Morgan fingerprint density at radius 1 is 1.14 bits per heavy atom. The van der Waals surface area contributed by atoms with Crippen LogP contribution in [0.2, 0.25) is 0 Å². The lowest BCUT2D eigenvalue weighted by molar-refractivity contribution is -0.135. The molecule has 0 spiro atoms. The van der Waals surface area contributed by atoms with E-state index in [0.717, 1.165) is 12.2 Å². The van der Waals surface area contributed by atoms with E-state index in [1.54, 1.807) is 6.92 Å². The topological polar surface area (TPSA) is 107 Å². The van der Waals surface area contributed by atoms with Crippen LogP contribution in [0.4, 0.5) is 0 Å². The average molecular weight is 299 g/mol. The lowest BCUT2D eigenvalue weighted by Gasteiger charge is -2.12. The summed E-state index contributed by atoms with van der Waals surface area (Å²) in [7, 11) is 1.31. The van der Waals surface area contributed by atoms with E-state index < -0.39 is 11.9 Å². The minimum absolute atomic E-state index is 0.0408. The van der Waals surface area contributed by atoms with E-state index in [1.165, 1.54) is 7.11 Å². The molecule has 0 aromatic rings. The second-order valence-corrected chi connectivity index (χ2v) is 4.83. The van der Waals surface area contributed by atoms with Gasteiger partial charge in [-0.2, -0.15) is 0 Å². The fraction of sp³-hybridized carbons (Fsp3) is 0.400. The molecule has 3 N–H and O–H groups in total. The summed E-state index contributed by atoms with van der Waals surface area (Å²) in [6.07, 6.45) is 3.81. The lowest BCUT2D eigenvalue weighted by atomic mass is 9.94. The summed E-state index contributed by atoms with van der Waals surface area (Å²) < 4.78 is 4.14. The number of carbonyl (C=O) groups is 3. The minimum Gasteiger partial charge on any atom is -0.478 e. The van der Waals surface area contributed by atoms with Crippen LogP contribution in [-0.2, 0) is 19.1 Å². The van der Waals surface area contributed by atoms with Gasteiger partial charge in [-0.15, -0.1) is 0 Å². The second-order valence-electron chi connectivity index (χ2n) is 4.83. The zero-order valence-corrected chi connectivity index (χ0v) is 13.3. The van der Waals surface area contributed by atoms with Gasteiger partial charge in [-0.1, -0.05) is 40.0 Å². The number of aliphatic carboxylic acids is 1. The molecule has 0 radical (unpaired) electrons. The number of rotatable bonds is 3. The number of hydrogen-bond acceptors (Lipinski definition) is 4. The van der Waals surface area contributed by atoms with Crippen molar-refractivity contribution in [3.63, 3.8) is 0 Å². The van der Waals surface area contributed by atoms with Crippen LogP contribution in [0.3, 0.4) is 0 Å². The molecule has 0 aliphatic carbocycles. The Bertz CT molecular complexity index is 403. The van der Waals surface area contributed by atoms with Crippen LogP contribution >= 0.6 is 0 Å². The fourth-order valence-corrected chi connectivity index (χ4v) is 0.804. The summed E-state index contributed by atoms with van der Waals surface area (Å²) in [5.41, 5.74) is 5.71. The Morgan fingerprint density at radius 2 is 1.52 bits per heavy atom. The standard InChI is InChI=1S/C8H15NO.C4H6O2.C3H4O2/c1-6(7(9)10)5-8(2,3)4;1-3-4(5)6-2;1-2-3(4)5/h5H,1-4H3,(H2,9,10);3H,1H2,2H3;2H,1H2,(H,4,5).